The van der Waals surface area contributed by atoms with Gasteiger partial charge in [0.05, 0.1) is 0 Å². The average Bonchev–Trinajstić information content (AvgIpc) is 3.36. The topological polar surface area (TPSA) is 12.0 Å². The number of hydrogen-bond donors (Lipinski definition) is 1. The molecule has 0 aromatic carbocycles. The van der Waals surface area contributed by atoms with E-state index in [0.717, 1.165) is 59.8 Å². The highest BCUT2D eigenvalue weighted by atomic mass is 14.9. The standard InChI is InChI=1S/C21H31N/c1-8-9(2)12-7-11(5-6-22-4)14-18-15(12)20-16-13(10(8)3)17(16)21(20)19(14)18/h5,8-10,12-22H,6-7H2,1-4H3/b11-5+. The van der Waals surface area contributed by atoms with Crippen LogP contribution >= 0.6 is 0 Å². The van der Waals surface area contributed by atoms with Crippen LogP contribution in [0, 0.1) is 76.9 Å². The zero-order valence-electron chi connectivity index (χ0n) is 14.5. The third-order valence-corrected chi connectivity index (χ3v) is 9.90. The molecule has 22 heavy (non-hydrogen) atoms. The highest BCUT2D eigenvalue weighted by Gasteiger charge is 2.85. The summed E-state index contributed by atoms with van der Waals surface area (Å²) in [5.41, 5.74) is 1.87. The summed E-state index contributed by atoms with van der Waals surface area (Å²) < 4.78 is 0. The summed E-state index contributed by atoms with van der Waals surface area (Å²) in [6.07, 6.45) is 4.04. The summed E-state index contributed by atoms with van der Waals surface area (Å²) >= 11 is 0. The number of hydrogen-bond acceptors (Lipinski definition) is 1. The van der Waals surface area contributed by atoms with Gasteiger partial charge in [-0.25, -0.2) is 0 Å². The molecule has 13 unspecified atom stereocenters. The van der Waals surface area contributed by atoms with Crippen LogP contribution in [0.2, 0.25) is 0 Å². The molecule has 6 saturated carbocycles. The van der Waals surface area contributed by atoms with E-state index in [0.29, 0.717) is 0 Å². The van der Waals surface area contributed by atoms with Crippen LogP contribution in [0.4, 0.5) is 0 Å². The fraction of sp³-hybridized carbons (Fsp3) is 0.905. The van der Waals surface area contributed by atoms with Crippen molar-refractivity contribution in [2.24, 2.45) is 76.9 Å². The molecule has 6 aliphatic carbocycles. The van der Waals surface area contributed by atoms with Gasteiger partial charge < -0.3 is 5.32 Å². The maximum Gasteiger partial charge on any atom is 0.0134 e. The first-order valence-corrected chi connectivity index (χ1v) is 10.00. The maximum atomic E-state index is 3.35. The molecule has 6 aliphatic rings. The quantitative estimate of drug-likeness (QED) is 0.767. The normalized spacial score (nSPS) is 70.5. The zero-order valence-corrected chi connectivity index (χ0v) is 14.5. The predicted molar refractivity (Wildman–Crippen MR) is 89.0 cm³/mol. The second kappa shape index (κ2) is 3.85. The first-order chi connectivity index (χ1) is 10.7. The predicted octanol–water partition coefficient (Wildman–Crippen LogP) is 3.67. The van der Waals surface area contributed by atoms with Gasteiger partial charge in [-0.05, 0) is 90.4 Å². The number of fused-ring (bicyclic) bond motifs is 4. The molecule has 13 atom stereocenters. The molecule has 0 radical (unpaired) electrons. The minimum Gasteiger partial charge on any atom is -0.316 e. The lowest BCUT2D eigenvalue weighted by Gasteiger charge is -2.48. The number of rotatable bonds is 2. The number of likely N-dealkylation sites (N-methyl/N-ethyl adjacent to an activating group) is 1. The first-order valence-electron chi connectivity index (χ1n) is 10.00. The smallest absolute Gasteiger partial charge is 0.0134 e. The van der Waals surface area contributed by atoms with Gasteiger partial charge in [-0.15, -0.1) is 0 Å². The monoisotopic (exact) mass is 297 g/mol. The third kappa shape index (κ3) is 1.20. The molecule has 1 N–H and O–H groups in total. The van der Waals surface area contributed by atoms with E-state index in [9.17, 15) is 0 Å². The summed E-state index contributed by atoms with van der Waals surface area (Å²) in [4.78, 5) is 0. The van der Waals surface area contributed by atoms with E-state index in [4.69, 9.17) is 0 Å². The summed E-state index contributed by atoms with van der Waals surface area (Å²) in [5.74, 6) is 14.2. The second-order valence-electron chi connectivity index (χ2n) is 9.93. The van der Waals surface area contributed by atoms with Crippen molar-refractivity contribution < 1.29 is 0 Å². The van der Waals surface area contributed by atoms with Crippen molar-refractivity contribution in [1.82, 2.24) is 5.32 Å². The van der Waals surface area contributed by atoms with Gasteiger partial charge in [0.15, 0.2) is 0 Å². The van der Waals surface area contributed by atoms with Crippen molar-refractivity contribution in [1.29, 1.82) is 0 Å². The van der Waals surface area contributed by atoms with Crippen LogP contribution in [0.1, 0.15) is 27.2 Å². The minimum atomic E-state index is 0.946. The van der Waals surface area contributed by atoms with Gasteiger partial charge in [0.1, 0.15) is 0 Å². The van der Waals surface area contributed by atoms with Crippen molar-refractivity contribution in [3.05, 3.63) is 11.6 Å². The third-order valence-electron chi connectivity index (χ3n) is 9.90. The van der Waals surface area contributed by atoms with Crippen LogP contribution in [0.25, 0.3) is 0 Å². The molecule has 6 fully saturated rings. The molecular weight excluding hydrogens is 266 g/mol. The van der Waals surface area contributed by atoms with Crippen molar-refractivity contribution in [3.8, 4) is 0 Å². The molecule has 0 aromatic heterocycles. The summed E-state index contributed by atoms with van der Waals surface area (Å²) in [7, 11) is 2.09. The Kier molecular flexibility index (Phi) is 2.28. The highest BCUT2D eigenvalue weighted by Crippen LogP contribution is 2.89. The van der Waals surface area contributed by atoms with Crippen LogP contribution in [0.3, 0.4) is 0 Å². The van der Waals surface area contributed by atoms with Gasteiger partial charge in [-0.3, -0.25) is 0 Å². The molecule has 1 nitrogen and oxygen atoms in total. The molecule has 1 heteroatoms. The average molecular weight is 297 g/mol. The van der Waals surface area contributed by atoms with Crippen molar-refractivity contribution in [3.63, 3.8) is 0 Å². The van der Waals surface area contributed by atoms with E-state index in [1.807, 2.05) is 5.57 Å². The van der Waals surface area contributed by atoms with Crippen molar-refractivity contribution in [2.75, 3.05) is 13.6 Å². The SMILES string of the molecule is CNC/C=C1\CC2C(C)C(C)C(C)C3C4C3C3C5C1C5C2C43. The molecule has 0 aliphatic heterocycles. The highest BCUT2D eigenvalue weighted by molar-refractivity contribution is 5.38. The number of nitrogens with one attached hydrogen (secondary N) is 1. The Morgan fingerprint density at radius 3 is 2.18 bits per heavy atom. The Balaban J connectivity index is 1.43. The largest absolute Gasteiger partial charge is 0.316 e. The molecule has 6 rings (SSSR count). The lowest BCUT2D eigenvalue weighted by atomic mass is 9.56. The van der Waals surface area contributed by atoms with Crippen LogP contribution in [-0.4, -0.2) is 13.6 Å². The fourth-order valence-corrected chi connectivity index (χ4v) is 8.93. The van der Waals surface area contributed by atoms with Gasteiger partial charge >= 0.3 is 0 Å². The Morgan fingerprint density at radius 2 is 1.45 bits per heavy atom. The molecular formula is C21H31N. The first kappa shape index (κ1) is 13.0. The molecule has 120 valence electrons. The van der Waals surface area contributed by atoms with Crippen LogP contribution in [-0.2, 0) is 0 Å². The Labute approximate surface area is 135 Å². The van der Waals surface area contributed by atoms with Crippen LogP contribution in [0.15, 0.2) is 11.6 Å². The van der Waals surface area contributed by atoms with Crippen molar-refractivity contribution in [2.45, 2.75) is 27.2 Å². The Bertz CT molecular complexity index is 564. The summed E-state index contributed by atoms with van der Waals surface area (Å²) in [6.45, 7) is 8.90. The van der Waals surface area contributed by atoms with Gasteiger partial charge in [0.25, 0.3) is 0 Å². The molecule has 0 saturated heterocycles. The zero-order chi connectivity index (χ0) is 14.9. The van der Waals surface area contributed by atoms with Gasteiger partial charge in [0, 0.05) is 6.54 Å². The Hall–Kier alpha value is -0.300. The molecule has 0 amide bonds. The van der Waals surface area contributed by atoms with E-state index < -0.39 is 0 Å². The molecule has 0 bridgehead atoms. The lowest BCUT2D eigenvalue weighted by molar-refractivity contribution is 0.0132. The van der Waals surface area contributed by atoms with Gasteiger partial charge in [0.2, 0.25) is 0 Å². The van der Waals surface area contributed by atoms with Gasteiger partial charge in [-0.1, -0.05) is 32.4 Å². The van der Waals surface area contributed by atoms with E-state index in [2.05, 4.69) is 39.2 Å². The second-order valence-corrected chi connectivity index (χ2v) is 9.93. The summed E-state index contributed by atoms with van der Waals surface area (Å²) in [5, 5.41) is 3.35. The minimum absolute atomic E-state index is 0.946. The lowest BCUT2D eigenvalue weighted by Crippen LogP contribution is -2.43. The van der Waals surface area contributed by atoms with Crippen molar-refractivity contribution >= 4 is 0 Å². The van der Waals surface area contributed by atoms with E-state index >= 15 is 0 Å². The molecule has 0 heterocycles. The van der Waals surface area contributed by atoms with E-state index in [1.165, 1.54) is 30.1 Å². The van der Waals surface area contributed by atoms with Gasteiger partial charge in [-0.2, -0.15) is 0 Å². The van der Waals surface area contributed by atoms with E-state index in [1.54, 1.807) is 0 Å². The summed E-state index contributed by atoms with van der Waals surface area (Å²) in [6, 6.07) is 0. The van der Waals surface area contributed by atoms with Crippen LogP contribution < -0.4 is 5.32 Å². The Morgan fingerprint density at radius 1 is 0.818 bits per heavy atom. The van der Waals surface area contributed by atoms with E-state index in [-0.39, 0.29) is 0 Å². The van der Waals surface area contributed by atoms with Crippen LogP contribution in [0.5, 0.6) is 0 Å². The molecule has 0 aromatic rings. The number of allylic oxidation sites excluding steroid dienone is 1. The molecule has 0 spiro atoms. The fourth-order valence-electron chi connectivity index (χ4n) is 8.93. The maximum absolute atomic E-state index is 3.35.